The Morgan fingerprint density at radius 3 is 1.33 bits per heavy atom. The molecule has 108 heavy (non-hydrogen) atoms. The van der Waals surface area contributed by atoms with Crippen molar-refractivity contribution in [3.63, 3.8) is 0 Å². The molecule has 0 unspecified atom stereocenters. The Hall–Kier alpha value is -10.8. The van der Waals surface area contributed by atoms with E-state index < -0.39 is 198 Å². The van der Waals surface area contributed by atoms with E-state index in [0.717, 1.165) is 25.2 Å². The fourth-order valence-corrected chi connectivity index (χ4v) is 13.7. The largest absolute Gasteiger partial charge is 0.503 e. The quantitative estimate of drug-likeness (QED) is 0.0251. The summed E-state index contributed by atoms with van der Waals surface area (Å²) in [5, 5.41) is 40.2. The van der Waals surface area contributed by atoms with Crippen LogP contribution in [0.3, 0.4) is 0 Å². The van der Waals surface area contributed by atoms with Crippen molar-refractivity contribution in [2.24, 2.45) is 0 Å². The van der Waals surface area contributed by atoms with Gasteiger partial charge in [-0.25, -0.2) is 39.5 Å². The molecule has 3 aromatic heterocycles. The van der Waals surface area contributed by atoms with Crippen molar-refractivity contribution in [2.75, 3.05) is 32.8 Å². The first-order chi connectivity index (χ1) is 51.1. The Morgan fingerprint density at radius 1 is 0.509 bits per heavy atom. The summed E-state index contributed by atoms with van der Waals surface area (Å²) in [6.45, 7) is 11.2. The summed E-state index contributed by atoms with van der Waals surface area (Å²) in [5.74, 6) is -17.1. The van der Waals surface area contributed by atoms with E-state index in [-0.39, 0.29) is 85.7 Å². The third kappa shape index (κ3) is 15.5. The molecule has 33 heteroatoms. The highest BCUT2D eigenvalue weighted by atomic mass is 19.2. The highest BCUT2D eigenvalue weighted by Gasteiger charge is 2.50. The van der Waals surface area contributed by atoms with E-state index in [9.17, 15) is 103 Å². The molecule has 0 aliphatic carbocycles. The highest BCUT2D eigenvalue weighted by Crippen LogP contribution is 2.43. The van der Waals surface area contributed by atoms with E-state index in [2.05, 4.69) is 16.0 Å². The second kappa shape index (κ2) is 32.3. The van der Waals surface area contributed by atoms with Crippen molar-refractivity contribution in [1.82, 2.24) is 44.4 Å². The number of carbonyl (C=O) groups is 7. The van der Waals surface area contributed by atoms with Crippen LogP contribution >= 0.6 is 0 Å². The molecule has 6 aliphatic rings. The molecule has 6 amide bonds. The molecule has 1 fully saturated rings. The van der Waals surface area contributed by atoms with Crippen molar-refractivity contribution < 1.29 is 97.9 Å². The number of unbranched alkanes of at least 4 members (excludes halogenated alkanes) is 2. The zero-order valence-electron chi connectivity index (χ0n) is 59.6. The standard InChI is InChI=1S/C27H30F3N3O5.C25H24F3N3O5.C23H24F3N3O5/c1-4-6-9-38-24-22-26(36)32-14-21(27(37,5-2)8-7-15(32)3)33(22)13-18(23(24)34)25(35)31-12-17-19(29)10-16(28)11-20(17)30;1-3-4-7-36-23-21-25(35)30-12-19(20(32)6-5-13(30)2)31(21)11-16(22(23)33)24(34)29-10-15-17(27)8-14(26)9-18(15)28;1-3-23(34)5-4-11(2)28-10-17(23)29-9-14(19(30)20(31)18(29)22(28)33)21(32)27-8-13-15(25)6-12(24)7-16(13)26/h7-8,10-11,13,15,21,37H,4-6,9,12,14H2,1-3H3,(H,31,35);5-6,8-9,11,13,19H,3-4,7,10,12H2,1-2H3,(H,29,34);6-7,9,11,17,31,34H,3-5,8,10H2,1-2H3,(H,27,32)/t15-,21+,27-;13-,19+;11-,17+,23-/m000/s1. The Kier molecular flexibility index (Phi) is 23.9. The van der Waals surface area contributed by atoms with E-state index >= 15 is 0 Å². The highest BCUT2D eigenvalue weighted by molar-refractivity contribution is 6.04. The number of allylic oxidation sites excluding steroid dienone is 1. The minimum Gasteiger partial charge on any atom is -0.503 e. The summed E-state index contributed by atoms with van der Waals surface area (Å²) < 4.78 is 139. The van der Waals surface area contributed by atoms with Crippen LogP contribution in [0.2, 0.25) is 0 Å². The zero-order valence-corrected chi connectivity index (χ0v) is 59.6. The molecule has 12 rings (SSSR count). The van der Waals surface area contributed by atoms with Crippen molar-refractivity contribution in [1.29, 1.82) is 0 Å². The number of benzene rings is 3. The Bertz CT molecular complexity index is 4820. The lowest BCUT2D eigenvalue weighted by Crippen LogP contribution is -2.52. The summed E-state index contributed by atoms with van der Waals surface area (Å²) in [4.78, 5) is 136. The molecule has 576 valence electrons. The second-order valence-corrected chi connectivity index (χ2v) is 27.1. The van der Waals surface area contributed by atoms with Crippen LogP contribution in [0.1, 0.15) is 197 Å². The number of aliphatic hydroxyl groups is 2. The number of aromatic nitrogens is 3. The summed E-state index contributed by atoms with van der Waals surface area (Å²) >= 11 is 0. The Balaban J connectivity index is 0.000000173. The predicted molar refractivity (Wildman–Crippen MR) is 369 cm³/mol. The summed E-state index contributed by atoms with van der Waals surface area (Å²) in [6.07, 6.45) is 13.8. The lowest BCUT2D eigenvalue weighted by Gasteiger charge is -2.42. The molecule has 6 bridgehead atoms. The van der Waals surface area contributed by atoms with Gasteiger partial charge in [-0.15, -0.1) is 0 Å². The number of rotatable bonds is 19. The average molecular weight is 1520 g/mol. The molecule has 9 heterocycles. The number of amides is 6. The van der Waals surface area contributed by atoms with Gasteiger partial charge in [-0.2, -0.15) is 0 Å². The van der Waals surface area contributed by atoms with Crippen LogP contribution in [0.15, 0.2) is 93.7 Å². The number of pyridine rings is 3. The van der Waals surface area contributed by atoms with Gasteiger partial charge in [-0.05, 0) is 65.4 Å². The van der Waals surface area contributed by atoms with E-state index in [1.807, 2.05) is 20.8 Å². The van der Waals surface area contributed by atoms with Crippen molar-refractivity contribution >= 4 is 41.2 Å². The lowest BCUT2D eigenvalue weighted by atomic mass is 9.86. The maximum Gasteiger partial charge on any atom is 0.275 e. The molecule has 0 spiro atoms. The summed E-state index contributed by atoms with van der Waals surface area (Å²) in [5.41, 5.74) is -9.34. The Labute approximate surface area is 611 Å². The number of fused-ring (bicyclic) bond motifs is 12. The van der Waals surface area contributed by atoms with Gasteiger partial charge < -0.3 is 69.1 Å². The van der Waals surface area contributed by atoms with Gasteiger partial charge in [0.15, 0.2) is 40.1 Å². The minimum absolute atomic E-state index is 0.0309. The van der Waals surface area contributed by atoms with Crippen molar-refractivity contribution in [2.45, 2.75) is 167 Å². The van der Waals surface area contributed by atoms with Crippen LogP contribution in [-0.4, -0.2) is 147 Å². The number of nitrogens with one attached hydrogen (secondary N) is 3. The van der Waals surface area contributed by atoms with E-state index in [1.165, 1.54) is 40.7 Å². The molecular weight excluding hydrogens is 1440 g/mol. The Morgan fingerprint density at radius 2 is 0.898 bits per heavy atom. The average Bonchev–Trinajstić information content (AvgIpc) is 1.23. The third-order valence-corrected chi connectivity index (χ3v) is 20.3. The zero-order chi connectivity index (χ0) is 78.9. The number of halogens is 9. The first-order valence-electron chi connectivity index (χ1n) is 35.0. The number of ether oxygens (including phenoxy) is 2. The molecule has 6 N–H and O–H groups in total. The van der Waals surface area contributed by atoms with Gasteiger partial charge in [-0.1, -0.05) is 58.8 Å². The van der Waals surface area contributed by atoms with Crippen LogP contribution in [0, 0.1) is 52.4 Å². The lowest BCUT2D eigenvalue weighted by molar-refractivity contribution is -0.118. The monoisotopic (exact) mass is 1520 g/mol. The minimum atomic E-state index is -1.40. The van der Waals surface area contributed by atoms with Gasteiger partial charge in [-0.3, -0.25) is 47.9 Å². The first kappa shape index (κ1) is 79.7. The topological polar surface area (TPSA) is 310 Å². The first-order valence-corrected chi connectivity index (χ1v) is 35.0. The molecule has 0 radical (unpaired) electrons. The van der Waals surface area contributed by atoms with E-state index in [4.69, 9.17) is 9.47 Å². The molecular formula is C75H78F9N9O15. The van der Waals surface area contributed by atoms with Gasteiger partial charge in [0.25, 0.3) is 35.4 Å². The number of nitrogens with zero attached hydrogens (tertiary/aromatic N) is 6. The smallest absolute Gasteiger partial charge is 0.275 e. The van der Waals surface area contributed by atoms with E-state index in [0.29, 0.717) is 68.5 Å². The SMILES string of the molecule is CCCCOc1c2n(cc(C(=O)NCc3c(F)cc(F)cc3F)c1=O)[C@@H]1CN(C2=O)[C@@H](C)C=CC1=O.CCCCOc1c2n(cc(C(=O)NCc3c(F)cc(F)cc3F)c1=O)[C@@H]1CN(C2=O)[C@@H](C)C=C[C@@]1(O)CC.CC[C@]1(O)CC[C@H](C)N2C[C@H]1n1cc(C(=O)NCc3c(F)cc(F)cc3F)c(=O)c(O)c1C2=O. The molecule has 0 saturated carbocycles. The van der Waals surface area contributed by atoms with Gasteiger partial charge in [0, 0.05) is 129 Å². The number of ketones is 1. The number of hydrogen-bond acceptors (Lipinski definition) is 15. The predicted octanol–water partition coefficient (Wildman–Crippen LogP) is 8.59. The molecule has 6 aromatic rings. The molecule has 6 aliphatic heterocycles. The summed E-state index contributed by atoms with van der Waals surface area (Å²) in [7, 11) is 0. The third-order valence-electron chi connectivity index (χ3n) is 20.3. The number of aromatic hydroxyl groups is 1. The maximum atomic E-state index is 14.1. The second-order valence-electron chi connectivity index (χ2n) is 27.1. The van der Waals surface area contributed by atoms with Gasteiger partial charge in [0.1, 0.15) is 80.7 Å². The van der Waals surface area contributed by atoms with Crippen LogP contribution in [-0.2, 0) is 24.4 Å². The van der Waals surface area contributed by atoms with Gasteiger partial charge in [0.05, 0.1) is 30.9 Å². The van der Waals surface area contributed by atoms with Gasteiger partial charge in [0.2, 0.25) is 16.3 Å². The van der Waals surface area contributed by atoms with Crippen LogP contribution in [0.25, 0.3) is 0 Å². The van der Waals surface area contributed by atoms with Crippen molar-refractivity contribution in [3.05, 3.63) is 213 Å². The van der Waals surface area contributed by atoms with Crippen molar-refractivity contribution in [3.8, 4) is 17.2 Å². The normalized spacial score (nSPS) is 21.6. The van der Waals surface area contributed by atoms with E-state index in [1.54, 1.807) is 45.9 Å². The van der Waals surface area contributed by atoms with Crippen LogP contribution in [0.5, 0.6) is 17.2 Å². The maximum absolute atomic E-state index is 14.1. The fraction of sp³-hybridized carbons (Fsp3) is 0.413. The number of carbonyl (C=O) groups excluding carboxylic acids is 7. The van der Waals surface area contributed by atoms with Crippen LogP contribution < -0.4 is 41.7 Å². The molecule has 3 aromatic carbocycles. The molecule has 1 saturated heterocycles. The van der Waals surface area contributed by atoms with Crippen LogP contribution in [0.4, 0.5) is 39.5 Å². The molecule has 8 atom stereocenters. The number of hydrogen-bond donors (Lipinski definition) is 6. The molecule has 24 nitrogen and oxygen atoms in total. The van der Waals surface area contributed by atoms with Gasteiger partial charge >= 0.3 is 0 Å². The summed E-state index contributed by atoms with van der Waals surface area (Å²) in [6, 6.07) is -0.529. The fourth-order valence-electron chi connectivity index (χ4n) is 13.7.